The number of carbonyl (C=O) groups is 1. The third kappa shape index (κ3) is 2.49. The van der Waals surface area contributed by atoms with Crippen LogP contribution in [0.2, 0.25) is 0 Å². The first-order valence-corrected chi connectivity index (χ1v) is 4.86. The van der Waals surface area contributed by atoms with Gasteiger partial charge in [-0.05, 0) is 12.1 Å². The lowest BCUT2D eigenvalue weighted by atomic mass is 10.3. The van der Waals surface area contributed by atoms with Crippen molar-refractivity contribution < 1.29 is 9.72 Å². The lowest BCUT2D eigenvalue weighted by molar-refractivity contribution is -0.384. The van der Waals surface area contributed by atoms with E-state index in [9.17, 15) is 14.9 Å². The summed E-state index contributed by atoms with van der Waals surface area (Å²) in [6, 6.07) is 10.1. The average molecular weight is 231 g/mol. The monoisotopic (exact) mass is 231 g/mol. The molecule has 2 aromatic rings. The maximum absolute atomic E-state index is 11.7. The normalized spacial score (nSPS) is 9.88. The number of nitrogens with one attached hydrogen (secondary N) is 2. The number of H-pyrrole nitrogens is 1. The minimum atomic E-state index is -0.560. The first-order chi connectivity index (χ1) is 8.16. The van der Waals surface area contributed by atoms with Gasteiger partial charge in [0, 0.05) is 11.8 Å². The van der Waals surface area contributed by atoms with Crippen LogP contribution >= 0.6 is 0 Å². The van der Waals surface area contributed by atoms with Gasteiger partial charge in [-0.2, -0.15) is 0 Å². The largest absolute Gasteiger partial charge is 0.351 e. The lowest BCUT2D eigenvalue weighted by Gasteiger charge is -2.01. The maximum atomic E-state index is 11.7. The molecule has 0 aliphatic carbocycles. The van der Waals surface area contributed by atoms with Crippen molar-refractivity contribution in [3.05, 3.63) is 58.4 Å². The van der Waals surface area contributed by atoms with E-state index in [2.05, 4.69) is 10.3 Å². The highest BCUT2D eigenvalue weighted by molar-refractivity contribution is 6.03. The van der Waals surface area contributed by atoms with E-state index in [0.29, 0.717) is 5.69 Å². The molecule has 6 nitrogen and oxygen atoms in total. The topological polar surface area (TPSA) is 88.0 Å². The fraction of sp³-hybridized carbons (Fsp3) is 0. The zero-order valence-electron chi connectivity index (χ0n) is 8.71. The highest BCUT2D eigenvalue weighted by Gasteiger charge is 2.14. The molecule has 2 N–H and O–H groups in total. The van der Waals surface area contributed by atoms with Gasteiger partial charge in [0.05, 0.1) is 11.1 Å². The number of rotatable bonds is 3. The molecule has 0 saturated heterocycles. The molecule has 1 heterocycles. The third-order valence-electron chi connectivity index (χ3n) is 2.15. The molecule has 0 fully saturated rings. The zero-order chi connectivity index (χ0) is 12.3. The van der Waals surface area contributed by atoms with Gasteiger partial charge >= 0.3 is 0 Å². The minimum Gasteiger partial charge on any atom is -0.351 e. The predicted octanol–water partition coefficient (Wildman–Crippen LogP) is 2.18. The molecule has 0 atom stereocenters. The van der Waals surface area contributed by atoms with E-state index in [1.54, 1.807) is 24.3 Å². The Bertz CT molecular complexity index is 548. The molecule has 6 heteroatoms. The third-order valence-corrected chi connectivity index (χ3v) is 2.15. The van der Waals surface area contributed by atoms with E-state index in [4.69, 9.17) is 0 Å². The van der Waals surface area contributed by atoms with Crippen molar-refractivity contribution in [1.82, 2.24) is 4.98 Å². The fourth-order valence-corrected chi connectivity index (χ4v) is 1.34. The number of anilines is 1. The Kier molecular flexibility index (Phi) is 2.87. The number of nitrogens with zero attached hydrogens (tertiary/aromatic N) is 1. The van der Waals surface area contributed by atoms with Crippen molar-refractivity contribution in [3.63, 3.8) is 0 Å². The van der Waals surface area contributed by atoms with Crippen LogP contribution in [-0.4, -0.2) is 15.8 Å². The van der Waals surface area contributed by atoms with Crippen molar-refractivity contribution in [2.24, 2.45) is 0 Å². The van der Waals surface area contributed by atoms with Crippen LogP contribution in [0.15, 0.2) is 42.6 Å². The number of carbonyl (C=O) groups excluding carboxylic acids is 1. The van der Waals surface area contributed by atoms with Crippen LogP contribution in [0.4, 0.5) is 11.4 Å². The van der Waals surface area contributed by atoms with E-state index in [0.717, 1.165) is 0 Å². The van der Waals surface area contributed by atoms with Crippen LogP contribution in [0.5, 0.6) is 0 Å². The molecule has 0 unspecified atom stereocenters. The summed E-state index contributed by atoms with van der Waals surface area (Å²) >= 11 is 0. The molecule has 0 saturated carbocycles. The molecule has 1 aromatic heterocycles. The second-order valence-electron chi connectivity index (χ2n) is 3.35. The number of benzene rings is 1. The Hall–Kier alpha value is -2.63. The molecule has 1 aromatic carbocycles. The zero-order valence-corrected chi connectivity index (χ0v) is 8.71. The Morgan fingerprint density at radius 3 is 2.59 bits per heavy atom. The summed E-state index contributed by atoms with van der Waals surface area (Å²) in [5.74, 6) is -0.413. The van der Waals surface area contributed by atoms with Crippen LogP contribution in [0.3, 0.4) is 0 Å². The van der Waals surface area contributed by atoms with Gasteiger partial charge in [-0.15, -0.1) is 0 Å². The van der Waals surface area contributed by atoms with Crippen LogP contribution < -0.4 is 5.32 Å². The number of hydrogen-bond donors (Lipinski definition) is 2. The Morgan fingerprint density at radius 1 is 1.29 bits per heavy atom. The van der Waals surface area contributed by atoms with Crippen molar-refractivity contribution in [2.45, 2.75) is 0 Å². The molecular formula is C11H9N3O3. The summed E-state index contributed by atoms with van der Waals surface area (Å²) in [7, 11) is 0. The van der Waals surface area contributed by atoms with E-state index >= 15 is 0 Å². The Morgan fingerprint density at radius 2 is 2.00 bits per heavy atom. The van der Waals surface area contributed by atoms with Gasteiger partial charge in [-0.25, -0.2) is 0 Å². The van der Waals surface area contributed by atoms with E-state index in [1.807, 2.05) is 6.07 Å². The summed E-state index contributed by atoms with van der Waals surface area (Å²) in [4.78, 5) is 24.1. The molecule has 0 aliphatic heterocycles. The summed E-state index contributed by atoms with van der Waals surface area (Å²) in [6.45, 7) is 0. The summed E-state index contributed by atoms with van der Waals surface area (Å²) in [5.41, 5.74) is 0.651. The van der Waals surface area contributed by atoms with Crippen LogP contribution in [0.25, 0.3) is 0 Å². The summed E-state index contributed by atoms with van der Waals surface area (Å²) in [6.07, 6.45) is 1.18. The van der Waals surface area contributed by atoms with Gasteiger partial charge in [-0.1, -0.05) is 18.2 Å². The van der Waals surface area contributed by atoms with Crippen molar-refractivity contribution >= 4 is 17.3 Å². The maximum Gasteiger partial charge on any atom is 0.287 e. The van der Waals surface area contributed by atoms with Gasteiger partial charge in [0.25, 0.3) is 11.6 Å². The molecule has 0 spiro atoms. The molecule has 17 heavy (non-hydrogen) atoms. The summed E-state index contributed by atoms with van der Waals surface area (Å²) < 4.78 is 0. The average Bonchev–Trinajstić information content (AvgIpc) is 2.79. The number of hydrogen-bond acceptors (Lipinski definition) is 3. The second kappa shape index (κ2) is 4.48. The van der Waals surface area contributed by atoms with E-state index in [1.165, 1.54) is 12.3 Å². The quantitative estimate of drug-likeness (QED) is 0.626. The van der Waals surface area contributed by atoms with Crippen molar-refractivity contribution in [2.75, 3.05) is 5.32 Å². The van der Waals surface area contributed by atoms with Gasteiger partial charge in [0.1, 0.15) is 5.69 Å². The Balaban J connectivity index is 2.12. The minimum absolute atomic E-state index is 0.136. The number of para-hydroxylation sites is 1. The lowest BCUT2D eigenvalue weighted by Crippen LogP contribution is -2.11. The highest BCUT2D eigenvalue weighted by atomic mass is 16.6. The second-order valence-corrected chi connectivity index (χ2v) is 3.35. The molecule has 0 bridgehead atoms. The molecule has 2 rings (SSSR count). The number of nitro groups is 1. The predicted molar refractivity (Wildman–Crippen MR) is 61.8 cm³/mol. The van der Waals surface area contributed by atoms with E-state index in [-0.39, 0.29) is 11.4 Å². The first-order valence-electron chi connectivity index (χ1n) is 4.86. The smallest absolute Gasteiger partial charge is 0.287 e. The van der Waals surface area contributed by atoms with Crippen LogP contribution in [-0.2, 0) is 0 Å². The Labute approximate surface area is 96.4 Å². The van der Waals surface area contributed by atoms with Crippen LogP contribution in [0.1, 0.15) is 10.5 Å². The van der Waals surface area contributed by atoms with Gasteiger partial charge < -0.3 is 10.3 Å². The molecule has 0 radical (unpaired) electrons. The van der Waals surface area contributed by atoms with Crippen molar-refractivity contribution in [3.8, 4) is 0 Å². The van der Waals surface area contributed by atoms with Gasteiger partial charge in [-0.3, -0.25) is 14.9 Å². The van der Waals surface area contributed by atoms with Crippen LogP contribution in [0, 0.1) is 10.1 Å². The highest BCUT2D eigenvalue weighted by Crippen LogP contribution is 2.14. The van der Waals surface area contributed by atoms with E-state index < -0.39 is 10.8 Å². The van der Waals surface area contributed by atoms with Gasteiger partial charge in [0.2, 0.25) is 0 Å². The first kappa shape index (κ1) is 10.9. The summed E-state index contributed by atoms with van der Waals surface area (Å²) in [5, 5.41) is 13.1. The number of aromatic nitrogens is 1. The fourth-order valence-electron chi connectivity index (χ4n) is 1.34. The van der Waals surface area contributed by atoms with Crippen molar-refractivity contribution in [1.29, 1.82) is 0 Å². The number of amides is 1. The molecule has 0 aliphatic rings. The SMILES string of the molecule is O=C(Nc1ccccc1)c1cc([N+](=O)[O-])c[nH]1. The molecule has 86 valence electrons. The molecular weight excluding hydrogens is 222 g/mol. The number of aromatic amines is 1. The molecule has 1 amide bonds. The standard InChI is InChI=1S/C11H9N3O3/c15-11(13-8-4-2-1-3-5-8)10-6-9(7-12-10)14(16)17/h1-7,12H,(H,13,15). The van der Waals surface area contributed by atoms with Gasteiger partial charge in [0.15, 0.2) is 0 Å².